The summed E-state index contributed by atoms with van der Waals surface area (Å²) in [5.74, 6) is 1.04. The van der Waals surface area contributed by atoms with Crippen molar-refractivity contribution in [3.05, 3.63) is 23.8 Å². The highest BCUT2D eigenvalue weighted by atomic mass is 35.5. The summed E-state index contributed by atoms with van der Waals surface area (Å²) >= 11 is 0. The van der Waals surface area contributed by atoms with E-state index in [1.165, 1.54) is 32.1 Å². The maximum absolute atomic E-state index is 12.4. The number of ether oxygens (including phenoxy) is 2. The first kappa shape index (κ1) is 19.4. The molecule has 1 fully saturated rings. The molecule has 130 valence electrons. The largest absolute Gasteiger partial charge is 0.497 e. The molecule has 1 aromatic rings. The molecule has 0 aliphatic heterocycles. The van der Waals surface area contributed by atoms with Crippen molar-refractivity contribution in [2.75, 3.05) is 20.2 Å². The molecular formula is C15H21ClF2N2O3. The van der Waals surface area contributed by atoms with Crippen molar-refractivity contribution in [1.29, 1.82) is 0 Å². The van der Waals surface area contributed by atoms with Crippen LogP contribution in [-0.4, -0.2) is 32.7 Å². The molecule has 5 nitrogen and oxygen atoms in total. The van der Waals surface area contributed by atoms with E-state index in [0.29, 0.717) is 17.2 Å². The molecule has 1 saturated carbocycles. The van der Waals surface area contributed by atoms with Crippen molar-refractivity contribution in [2.24, 2.45) is 5.92 Å². The third kappa shape index (κ3) is 7.00. The number of carbonyl (C=O) groups is 1. The van der Waals surface area contributed by atoms with Gasteiger partial charge in [-0.05, 0) is 43.5 Å². The minimum atomic E-state index is -2.91. The van der Waals surface area contributed by atoms with Crippen LogP contribution in [0.15, 0.2) is 18.2 Å². The van der Waals surface area contributed by atoms with Crippen LogP contribution in [0.1, 0.15) is 18.4 Å². The SMILES string of the molecule is COc1ccc(OC(F)F)c(CNC(=O)CNCC2CC2)c1.Cl. The molecule has 0 radical (unpaired) electrons. The first-order chi connectivity index (χ1) is 10.6. The van der Waals surface area contributed by atoms with Gasteiger partial charge >= 0.3 is 6.61 Å². The van der Waals surface area contributed by atoms with Gasteiger partial charge in [-0.3, -0.25) is 4.79 Å². The summed E-state index contributed by atoms with van der Waals surface area (Å²) in [6.45, 7) is -1.76. The zero-order valence-corrected chi connectivity index (χ0v) is 13.6. The Balaban J connectivity index is 0.00000264. The average molecular weight is 351 g/mol. The van der Waals surface area contributed by atoms with Crippen molar-refractivity contribution in [1.82, 2.24) is 10.6 Å². The zero-order chi connectivity index (χ0) is 15.9. The summed E-state index contributed by atoms with van der Waals surface area (Å²) in [5, 5.41) is 5.74. The van der Waals surface area contributed by atoms with Crippen LogP contribution in [0.3, 0.4) is 0 Å². The quantitative estimate of drug-likeness (QED) is 0.717. The van der Waals surface area contributed by atoms with Gasteiger partial charge in [-0.15, -0.1) is 12.4 Å². The Morgan fingerprint density at radius 2 is 2.13 bits per heavy atom. The van der Waals surface area contributed by atoms with Crippen LogP contribution in [-0.2, 0) is 11.3 Å². The van der Waals surface area contributed by atoms with E-state index >= 15 is 0 Å². The summed E-state index contributed by atoms with van der Waals surface area (Å²) in [4.78, 5) is 11.7. The molecule has 0 unspecified atom stereocenters. The second-order valence-corrected chi connectivity index (χ2v) is 5.20. The second-order valence-electron chi connectivity index (χ2n) is 5.20. The highest BCUT2D eigenvalue weighted by Gasteiger charge is 2.20. The van der Waals surface area contributed by atoms with Gasteiger partial charge in [0, 0.05) is 12.1 Å². The fraction of sp³-hybridized carbons (Fsp3) is 0.533. The van der Waals surface area contributed by atoms with Gasteiger partial charge in [-0.1, -0.05) is 0 Å². The number of rotatable bonds is 9. The van der Waals surface area contributed by atoms with Crippen LogP contribution >= 0.6 is 12.4 Å². The summed E-state index contributed by atoms with van der Waals surface area (Å²) in [6, 6.07) is 4.49. The molecule has 23 heavy (non-hydrogen) atoms. The number of nitrogens with one attached hydrogen (secondary N) is 2. The van der Waals surface area contributed by atoms with Crippen LogP contribution in [0.25, 0.3) is 0 Å². The highest BCUT2D eigenvalue weighted by molar-refractivity contribution is 5.85. The first-order valence-electron chi connectivity index (χ1n) is 7.17. The van der Waals surface area contributed by atoms with Gasteiger partial charge in [0.05, 0.1) is 13.7 Å². The van der Waals surface area contributed by atoms with E-state index in [2.05, 4.69) is 15.4 Å². The van der Waals surface area contributed by atoms with Crippen LogP contribution in [0.2, 0.25) is 0 Å². The molecule has 1 amide bonds. The normalized spacial score (nSPS) is 13.4. The van der Waals surface area contributed by atoms with Gasteiger partial charge in [0.25, 0.3) is 0 Å². The predicted octanol–water partition coefficient (Wildman–Crippen LogP) is 2.33. The fourth-order valence-electron chi connectivity index (χ4n) is 2.00. The molecule has 0 spiro atoms. The monoisotopic (exact) mass is 350 g/mol. The standard InChI is InChI=1S/C15H20F2N2O3.ClH/c1-21-12-4-5-13(22-15(16)17)11(6-12)8-19-14(20)9-18-7-10-2-3-10;/h4-6,10,15,18H,2-3,7-9H2,1H3,(H,19,20);1H. The first-order valence-corrected chi connectivity index (χ1v) is 7.17. The summed E-state index contributed by atoms with van der Waals surface area (Å²) in [5.41, 5.74) is 0.440. The van der Waals surface area contributed by atoms with E-state index in [-0.39, 0.29) is 37.2 Å². The topological polar surface area (TPSA) is 59.6 Å². The Bertz CT molecular complexity index is 513. The fourth-order valence-corrected chi connectivity index (χ4v) is 2.00. The molecule has 0 atom stereocenters. The number of alkyl halides is 2. The predicted molar refractivity (Wildman–Crippen MR) is 84.3 cm³/mol. The summed E-state index contributed by atoms with van der Waals surface area (Å²) in [6.07, 6.45) is 2.43. The lowest BCUT2D eigenvalue weighted by molar-refractivity contribution is -0.120. The van der Waals surface area contributed by atoms with E-state index in [4.69, 9.17) is 4.74 Å². The molecule has 8 heteroatoms. The maximum atomic E-state index is 12.4. The Morgan fingerprint density at radius 3 is 2.74 bits per heavy atom. The van der Waals surface area contributed by atoms with Crippen molar-refractivity contribution in [3.63, 3.8) is 0 Å². The summed E-state index contributed by atoms with van der Waals surface area (Å²) in [7, 11) is 1.48. The molecule has 1 aliphatic carbocycles. The molecular weight excluding hydrogens is 330 g/mol. The van der Waals surface area contributed by atoms with Crippen molar-refractivity contribution < 1.29 is 23.0 Å². The smallest absolute Gasteiger partial charge is 0.387 e. The Morgan fingerprint density at radius 1 is 1.39 bits per heavy atom. The maximum Gasteiger partial charge on any atom is 0.387 e. The molecule has 0 aromatic heterocycles. The molecule has 2 N–H and O–H groups in total. The molecule has 0 heterocycles. The minimum absolute atomic E-state index is 0. The Hall–Kier alpha value is -1.60. The van der Waals surface area contributed by atoms with Crippen LogP contribution in [0, 0.1) is 5.92 Å². The number of methoxy groups -OCH3 is 1. The lowest BCUT2D eigenvalue weighted by Crippen LogP contribution is -2.34. The third-order valence-corrected chi connectivity index (χ3v) is 3.38. The van der Waals surface area contributed by atoms with Gasteiger partial charge in [0.1, 0.15) is 11.5 Å². The Labute approximate surface area is 140 Å². The van der Waals surface area contributed by atoms with Gasteiger partial charge in [0.15, 0.2) is 0 Å². The number of benzene rings is 1. The minimum Gasteiger partial charge on any atom is -0.497 e. The lowest BCUT2D eigenvalue weighted by Gasteiger charge is -2.13. The van der Waals surface area contributed by atoms with Crippen molar-refractivity contribution in [2.45, 2.75) is 26.0 Å². The highest BCUT2D eigenvalue weighted by Crippen LogP contribution is 2.27. The van der Waals surface area contributed by atoms with Gasteiger partial charge in [-0.2, -0.15) is 8.78 Å². The number of amides is 1. The van der Waals surface area contributed by atoms with Crippen LogP contribution < -0.4 is 20.1 Å². The number of hydrogen-bond donors (Lipinski definition) is 2. The van der Waals surface area contributed by atoms with E-state index in [1.807, 2.05) is 0 Å². The molecule has 0 saturated heterocycles. The van der Waals surface area contributed by atoms with Crippen molar-refractivity contribution >= 4 is 18.3 Å². The summed E-state index contributed by atoms with van der Waals surface area (Å²) < 4.78 is 34.3. The van der Waals surface area contributed by atoms with Gasteiger partial charge in [-0.25, -0.2) is 0 Å². The van der Waals surface area contributed by atoms with Crippen LogP contribution in [0.5, 0.6) is 11.5 Å². The van der Waals surface area contributed by atoms with E-state index in [1.54, 1.807) is 6.07 Å². The van der Waals surface area contributed by atoms with Gasteiger partial charge in [0.2, 0.25) is 5.91 Å². The number of carbonyl (C=O) groups excluding carboxylic acids is 1. The molecule has 1 aliphatic rings. The average Bonchev–Trinajstić information content (AvgIpc) is 3.30. The lowest BCUT2D eigenvalue weighted by atomic mass is 10.2. The van der Waals surface area contributed by atoms with Crippen LogP contribution in [0.4, 0.5) is 8.78 Å². The van der Waals surface area contributed by atoms with E-state index in [0.717, 1.165) is 6.54 Å². The number of hydrogen-bond acceptors (Lipinski definition) is 4. The molecule has 0 bridgehead atoms. The van der Waals surface area contributed by atoms with Gasteiger partial charge < -0.3 is 20.1 Å². The van der Waals surface area contributed by atoms with Crippen molar-refractivity contribution in [3.8, 4) is 11.5 Å². The van der Waals surface area contributed by atoms with E-state index in [9.17, 15) is 13.6 Å². The third-order valence-electron chi connectivity index (χ3n) is 3.38. The van der Waals surface area contributed by atoms with E-state index < -0.39 is 6.61 Å². The molecule has 2 rings (SSSR count). The number of halogens is 3. The second kappa shape index (κ2) is 9.52. The zero-order valence-electron chi connectivity index (χ0n) is 12.8. The Kier molecular flexibility index (Phi) is 8.05. The molecule has 1 aromatic carbocycles.